The van der Waals surface area contributed by atoms with E-state index in [2.05, 4.69) is 0 Å². The Hall–Kier alpha value is -0.530. The van der Waals surface area contributed by atoms with E-state index in [1.807, 2.05) is 32.0 Å². The minimum atomic E-state index is -0.536. The second kappa shape index (κ2) is 3.92. The van der Waals surface area contributed by atoms with Gasteiger partial charge in [0.1, 0.15) is 0 Å². The van der Waals surface area contributed by atoms with E-state index in [9.17, 15) is 5.11 Å². The quantitative estimate of drug-likeness (QED) is 0.701. The predicted molar refractivity (Wildman–Crippen MR) is 51.6 cm³/mol. The number of aryl methyl sites for hydroxylation is 1. The highest BCUT2D eigenvalue weighted by molar-refractivity contribution is 6.18. The lowest BCUT2D eigenvalue weighted by Crippen LogP contribution is -2.02. The fraction of sp³-hybridized carbons (Fsp3) is 0.400. The van der Waals surface area contributed by atoms with Crippen molar-refractivity contribution in [1.29, 1.82) is 0 Å². The summed E-state index contributed by atoms with van der Waals surface area (Å²) in [6.07, 6.45) is -0.536. The van der Waals surface area contributed by atoms with Crippen LogP contribution in [0.5, 0.6) is 0 Å². The molecule has 1 atom stereocenters. The van der Waals surface area contributed by atoms with Gasteiger partial charge in [-0.15, -0.1) is 11.6 Å². The molecule has 0 fully saturated rings. The van der Waals surface area contributed by atoms with Gasteiger partial charge in [0.15, 0.2) is 0 Å². The first-order chi connectivity index (χ1) is 5.66. The molecule has 0 aliphatic rings. The van der Waals surface area contributed by atoms with E-state index in [-0.39, 0.29) is 5.88 Å². The second-order valence-electron chi connectivity index (χ2n) is 2.96. The van der Waals surface area contributed by atoms with Crippen LogP contribution in [-0.2, 0) is 0 Å². The molecule has 1 aromatic carbocycles. The number of alkyl halides is 1. The van der Waals surface area contributed by atoms with Crippen LogP contribution in [0.4, 0.5) is 0 Å². The van der Waals surface area contributed by atoms with E-state index in [0.717, 1.165) is 11.1 Å². The van der Waals surface area contributed by atoms with Gasteiger partial charge in [-0.1, -0.05) is 18.2 Å². The summed E-state index contributed by atoms with van der Waals surface area (Å²) in [4.78, 5) is 0. The molecule has 1 rings (SSSR count). The van der Waals surface area contributed by atoms with Crippen LogP contribution in [0.25, 0.3) is 0 Å². The van der Waals surface area contributed by atoms with E-state index < -0.39 is 6.10 Å². The van der Waals surface area contributed by atoms with Crippen LogP contribution in [0, 0.1) is 13.8 Å². The summed E-state index contributed by atoms with van der Waals surface area (Å²) in [6.45, 7) is 4.03. The number of benzene rings is 1. The molecule has 0 spiro atoms. The molecule has 2 heteroatoms. The second-order valence-corrected chi connectivity index (χ2v) is 3.27. The zero-order chi connectivity index (χ0) is 9.14. The Morgan fingerprint density at radius 2 is 2.08 bits per heavy atom. The van der Waals surface area contributed by atoms with Gasteiger partial charge in [0.25, 0.3) is 0 Å². The van der Waals surface area contributed by atoms with Crippen LogP contribution in [0.3, 0.4) is 0 Å². The lowest BCUT2D eigenvalue weighted by Gasteiger charge is -2.12. The molecule has 0 saturated heterocycles. The Kier molecular flexibility index (Phi) is 3.12. The molecule has 0 unspecified atom stereocenters. The van der Waals surface area contributed by atoms with E-state index >= 15 is 0 Å². The Labute approximate surface area is 78.0 Å². The molecular weight excluding hydrogens is 172 g/mol. The average molecular weight is 185 g/mol. The summed E-state index contributed by atoms with van der Waals surface area (Å²) in [6, 6.07) is 5.88. The minimum absolute atomic E-state index is 0.254. The molecule has 0 radical (unpaired) electrons. The highest BCUT2D eigenvalue weighted by Gasteiger charge is 2.08. The van der Waals surface area contributed by atoms with Crippen molar-refractivity contribution in [3.63, 3.8) is 0 Å². The molecule has 0 aromatic heterocycles. The maximum Gasteiger partial charge on any atom is 0.0927 e. The Morgan fingerprint density at radius 1 is 1.42 bits per heavy atom. The van der Waals surface area contributed by atoms with Crippen LogP contribution in [-0.4, -0.2) is 11.0 Å². The fourth-order valence-electron chi connectivity index (χ4n) is 1.22. The first-order valence-corrected chi connectivity index (χ1v) is 4.50. The smallest absolute Gasteiger partial charge is 0.0927 e. The molecule has 12 heavy (non-hydrogen) atoms. The highest BCUT2D eigenvalue weighted by atomic mass is 35.5. The van der Waals surface area contributed by atoms with Crippen LogP contribution in [0.15, 0.2) is 18.2 Å². The van der Waals surface area contributed by atoms with Gasteiger partial charge in [-0.2, -0.15) is 0 Å². The Morgan fingerprint density at radius 3 is 2.67 bits per heavy atom. The molecule has 1 aromatic rings. The number of hydrogen-bond acceptors (Lipinski definition) is 1. The summed E-state index contributed by atoms with van der Waals surface area (Å²) < 4.78 is 0. The lowest BCUT2D eigenvalue weighted by atomic mass is 10.0. The predicted octanol–water partition coefficient (Wildman–Crippen LogP) is 2.58. The molecule has 0 aliphatic carbocycles. The average Bonchev–Trinajstić information content (AvgIpc) is 2.08. The fourth-order valence-corrected chi connectivity index (χ4v) is 1.38. The van der Waals surface area contributed by atoms with Crippen molar-refractivity contribution in [3.8, 4) is 0 Å². The number of halogens is 1. The number of aliphatic hydroxyl groups excluding tert-OH is 1. The third-order valence-corrected chi connectivity index (χ3v) is 2.44. The van der Waals surface area contributed by atoms with E-state index in [0.29, 0.717) is 0 Å². The van der Waals surface area contributed by atoms with Crippen LogP contribution >= 0.6 is 11.6 Å². The van der Waals surface area contributed by atoms with Crippen molar-refractivity contribution in [1.82, 2.24) is 0 Å². The van der Waals surface area contributed by atoms with Gasteiger partial charge in [-0.05, 0) is 30.5 Å². The van der Waals surface area contributed by atoms with Crippen molar-refractivity contribution in [3.05, 3.63) is 34.9 Å². The largest absolute Gasteiger partial charge is 0.387 e. The van der Waals surface area contributed by atoms with Crippen LogP contribution in [0.1, 0.15) is 22.8 Å². The lowest BCUT2D eigenvalue weighted by molar-refractivity contribution is 0.202. The number of hydrogen-bond donors (Lipinski definition) is 1. The first kappa shape index (κ1) is 9.56. The summed E-state index contributed by atoms with van der Waals surface area (Å²) in [5, 5.41) is 9.50. The first-order valence-electron chi connectivity index (χ1n) is 3.97. The summed E-state index contributed by atoms with van der Waals surface area (Å²) in [5.74, 6) is 0.254. The van der Waals surface area contributed by atoms with Gasteiger partial charge in [0.05, 0.1) is 12.0 Å². The van der Waals surface area contributed by atoms with Crippen LogP contribution < -0.4 is 0 Å². The van der Waals surface area contributed by atoms with Gasteiger partial charge in [0.2, 0.25) is 0 Å². The van der Waals surface area contributed by atoms with Crippen molar-refractivity contribution < 1.29 is 5.11 Å². The van der Waals surface area contributed by atoms with E-state index in [1.54, 1.807) is 0 Å². The zero-order valence-corrected chi connectivity index (χ0v) is 8.10. The normalized spacial score (nSPS) is 13.0. The van der Waals surface area contributed by atoms with Gasteiger partial charge in [-0.3, -0.25) is 0 Å². The van der Waals surface area contributed by atoms with Crippen LogP contribution in [0.2, 0.25) is 0 Å². The van der Waals surface area contributed by atoms with Crippen molar-refractivity contribution in [2.24, 2.45) is 0 Å². The molecule has 0 saturated carbocycles. The number of rotatable bonds is 2. The molecule has 1 N–H and O–H groups in total. The van der Waals surface area contributed by atoms with Gasteiger partial charge in [0, 0.05) is 0 Å². The maximum absolute atomic E-state index is 9.50. The van der Waals surface area contributed by atoms with Gasteiger partial charge in [-0.25, -0.2) is 0 Å². The zero-order valence-electron chi connectivity index (χ0n) is 7.34. The topological polar surface area (TPSA) is 20.2 Å². The third kappa shape index (κ3) is 1.79. The molecule has 0 aliphatic heterocycles. The maximum atomic E-state index is 9.50. The Balaban J connectivity index is 3.07. The van der Waals surface area contributed by atoms with Crippen molar-refractivity contribution in [2.75, 3.05) is 5.88 Å². The molecule has 66 valence electrons. The Bertz CT molecular complexity index is 271. The molecular formula is C10H13ClO. The van der Waals surface area contributed by atoms with Crippen molar-refractivity contribution in [2.45, 2.75) is 20.0 Å². The summed E-state index contributed by atoms with van der Waals surface area (Å²) in [5.41, 5.74) is 3.26. The van der Waals surface area contributed by atoms with Gasteiger partial charge < -0.3 is 5.11 Å². The summed E-state index contributed by atoms with van der Waals surface area (Å²) in [7, 11) is 0. The highest BCUT2D eigenvalue weighted by Crippen LogP contribution is 2.20. The minimum Gasteiger partial charge on any atom is -0.387 e. The standard InChI is InChI=1S/C10H13ClO/c1-7-4-3-5-9(8(7)2)10(12)6-11/h3-5,10,12H,6H2,1-2H3/t10-/m1/s1. The molecule has 1 nitrogen and oxygen atoms in total. The number of aliphatic hydroxyl groups is 1. The molecule has 0 heterocycles. The SMILES string of the molecule is Cc1cccc([C@H](O)CCl)c1C. The molecule has 0 amide bonds. The monoisotopic (exact) mass is 184 g/mol. The van der Waals surface area contributed by atoms with E-state index in [1.165, 1.54) is 5.56 Å². The molecule has 0 bridgehead atoms. The third-order valence-electron chi connectivity index (χ3n) is 2.15. The van der Waals surface area contributed by atoms with E-state index in [4.69, 9.17) is 11.6 Å². The van der Waals surface area contributed by atoms with Gasteiger partial charge >= 0.3 is 0 Å². The summed E-state index contributed by atoms with van der Waals surface area (Å²) >= 11 is 5.56. The van der Waals surface area contributed by atoms with Crippen molar-refractivity contribution >= 4 is 11.6 Å².